The lowest BCUT2D eigenvalue weighted by Crippen LogP contribution is -2.18. The molecule has 0 atom stereocenters. The van der Waals surface area contributed by atoms with E-state index in [-0.39, 0.29) is 0 Å². The number of hydrogen-bond acceptors (Lipinski definition) is 5. The van der Waals surface area contributed by atoms with Gasteiger partial charge in [0, 0.05) is 31.9 Å². The van der Waals surface area contributed by atoms with E-state index in [2.05, 4.69) is 20.6 Å². The number of aromatic nitrogens is 4. The normalized spacial score (nSPS) is 10.9. The third-order valence-corrected chi connectivity index (χ3v) is 2.33. The summed E-state index contributed by atoms with van der Waals surface area (Å²) >= 11 is 0. The first-order chi connectivity index (χ1) is 7.75. The van der Waals surface area contributed by atoms with Crippen LogP contribution in [0.15, 0.2) is 16.8 Å². The molecule has 0 aliphatic rings. The molecule has 1 N–H and O–H groups in total. The summed E-state index contributed by atoms with van der Waals surface area (Å²) in [7, 11) is 1.94. The minimum Gasteiger partial charge on any atom is -0.338 e. The zero-order valence-corrected chi connectivity index (χ0v) is 9.47. The molecule has 2 aromatic heterocycles. The van der Waals surface area contributed by atoms with Gasteiger partial charge in [-0.05, 0) is 13.0 Å². The fourth-order valence-electron chi connectivity index (χ4n) is 1.47. The zero-order valence-electron chi connectivity index (χ0n) is 9.47. The van der Waals surface area contributed by atoms with E-state index in [0.29, 0.717) is 18.3 Å². The van der Waals surface area contributed by atoms with Crippen molar-refractivity contribution in [3.05, 3.63) is 29.7 Å². The average Bonchev–Trinajstić information content (AvgIpc) is 2.83. The van der Waals surface area contributed by atoms with Gasteiger partial charge in [-0.15, -0.1) is 0 Å². The van der Waals surface area contributed by atoms with Gasteiger partial charge in [0.1, 0.15) is 0 Å². The van der Waals surface area contributed by atoms with Gasteiger partial charge in [0.05, 0.1) is 6.54 Å². The molecule has 0 fully saturated rings. The van der Waals surface area contributed by atoms with Gasteiger partial charge >= 0.3 is 0 Å². The van der Waals surface area contributed by atoms with Crippen molar-refractivity contribution in [2.24, 2.45) is 7.05 Å². The number of nitrogens with one attached hydrogen (secondary N) is 1. The smallest absolute Gasteiger partial charge is 0.240 e. The van der Waals surface area contributed by atoms with Gasteiger partial charge in [0.25, 0.3) is 0 Å². The summed E-state index contributed by atoms with van der Waals surface area (Å²) in [5.41, 5.74) is 1.20. The third-order valence-electron chi connectivity index (χ3n) is 2.33. The van der Waals surface area contributed by atoms with E-state index >= 15 is 0 Å². The Kier molecular flexibility index (Phi) is 3.31. The minimum atomic E-state index is 0.610. The van der Waals surface area contributed by atoms with E-state index in [1.54, 1.807) is 6.20 Å². The summed E-state index contributed by atoms with van der Waals surface area (Å²) in [5.74, 6) is 1.30. The fraction of sp³-hybridized carbons (Fsp3) is 0.500. The third kappa shape index (κ3) is 2.66. The van der Waals surface area contributed by atoms with Gasteiger partial charge < -0.3 is 9.84 Å². The largest absolute Gasteiger partial charge is 0.338 e. The Morgan fingerprint density at radius 2 is 2.38 bits per heavy atom. The lowest BCUT2D eigenvalue weighted by Gasteiger charge is -2.02. The maximum atomic E-state index is 4.98. The van der Waals surface area contributed by atoms with Crippen LogP contribution in [0.25, 0.3) is 0 Å². The van der Waals surface area contributed by atoms with Crippen molar-refractivity contribution >= 4 is 0 Å². The van der Waals surface area contributed by atoms with Crippen molar-refractivity contribution < 1.29 is 4.52 Å². The Morgan fingerprint density at radius 1 is 1.50 bits per heavy atom. The van der Waals surface area contributed by atoms with Crippen LogP contribution in [0.4, 0.5) is 0 Å². The summed E-state index contributed by atoms with van der Waals surface area (Å²) in [6, 6.07) is 2.01. The molecule has 0 spiro atoms. The Balaban J connectivity index is 1.71. The van der Waals surface area contributed by atoms with Gasteiger partial charge in [-0.2, -0.15) is 10.1 Å². The summed E-state index contributed by atoms with van der Waals surface area (Å²) in [6.07, 6.45) is 2.74. The van der Waals surface area contributed by atoms with Gasteiger partial charge in [0.15, 0.2) is 5.82 Å². The second-order valence-corrected chi connectivity index (χ2v) is 3.61. The highest BCUT2D eigenvalue weighted by Gasteiger charge is 2.02. The van der Waals surface area contributed by atoms with E-state index in [1.807, 2.05) is 24.7 Å². The predicted octanol–water partition coefficient (Wildman–Crippen LogP) is 0.444. The van der Waals surface area contributed by atoms with Gasteiger partial charge in [-0.3, -0.25) is 4.68 Å². The van der Waals surface area contributed by atoms with Crippen LogP contribution < -0.4 is 5.32 Å². The highest BCUT2D eigenvalue weighted by Crippen LogP contribution is 1.97. The topological polar surface area (TPSA) is 68.8 Å². The summed E-state index contributed by atoms with van der Waals surface area (Å²) < 4.78 is 6.86. The van der Waals surface area contributed by atoms with Crippen LogP contribution in [-0.2, 0) is 20.0 Å². The number of nitrogens with zero attached hydrogens (tertiary/aromatic N) is 4. The molecule has 6 heteroatoms. The Hall–Kier alpha value is -1.69. The van der Waals surface area contributed by atoms with Crippen LogP contribution in [0.1, 0.15) is 17.4 Å². The lowest BCUT2D eigenvalue weighted by atomic mass is 10.3. The molecule has 86 valence electrons. The number of hydrogen-bond donors (Lipinski definition) is 1. The molecule has 0 unspecified atom stereocenters. The molecule has 0 aromatic carbocycles. The van der Waals surface area contributed by atoms with E-state index < -0.39 is 0 Å². The first-order valence-electron chi connectivity index (χ1n) is 5.22. The van der Waals surface area contributed by atoms with Crippen molar-refractivity contribution in [2.45, 2.75) is 19.9 Å². The Labute approximate surface area is 93.7 Å². The van der Waals surface area contributed by atoms with Crippen LogP contribution >= 0.6 is 0 Å². The molecule has 0 aliphatic carbocycles. The maximum Gasteiger partial charge on any atom is 0.240 e. The minimum absolute atomic E-state index is 0.610. The summed E-state index contributed by atoms with van der Waals surface area (Å²) in [5, 5.41) is 11.1. The van der Waals surface area contributed by atoms with Crippen molar-refractivity contribution in [3.63, 3.8) is 0 Å². The van der Waals surface area contributed by atoms with Crippen LogP contribution in [0, 0.1) is 6.92 Å². The summed E-state index contributed by atoms with van der Waals surface area (Å²) in [4.78, 5) is 4.10. The first kappa shape index (κ1) is 10.8. The van der Waals surface area contributed by atoms with Crippen LogP contribution in [0.5, 0.6) is 0 Å². The molecule has 0 bridgehead atoms. The van der Waals surface area contributed by atoms with Gasteiger partial charge in [-0.1, -0.05) is 5.16 Å². The van der Waals surface area contributed by atoms with Crippen molar-refractivity contribution in [3.8, 4) is 0 Å². The quantitative estimate of drug-likeness (QED) is 0.742. The fourth-order valence-corrected chi connectivity index (χ4v) is 1.47. The van der Waals surface area contributed by atoms with Crippen molar-refractivity contribution in [1.82, 2.24) is 25.2 Å². The zero-order chi connectivity index (χ0) is 11.4. The molecule has 2 heterocycles. The second kappa shape index (κ2) is 4.89. The van der Waals surface area contributed by atoms with Crippen LogP contribution in [0.2, 0.25) is 0 Å². The van der Waals surface area contributed by atoms with Crippen LogP contribution in [0.3, 0.4) is 0 Å². The Bertz CT molecular complexity index is 448. The molecule has 0 radical (unpaired) electrons. The van der Waals surface area contributed by atoms with E-state index in [1.165, 1.54) is 5.69 Å². The summed E-state index contributed by atoms with van der Waals surface area (Å²) in [6.45, 7) is 3.28. The molecule has 0 saturated heterocycles. The Morgan fingerprint density at radius 3 is 3.00 bits per heavy atom. The predicted molar refractivity (Wildman–Crippen MR) is 57.7 cm³/mol. The SMILES string of the molecule is Cc1noc(CNCCc2ccnn2C)n1. The van der Waals surface area contributed by atoms with E-state index in [4.69, 9.17) is 4.52 Å². The molecule has 0 amide bonds. The molecular weight excluding hydrogens is 206 g/mol. The number of rotatable bonds is 5. The molecule has 0 aliphatic heterocycles. The van der Waals surface area contributed by atoms with Crippen LogP contribution in [-0.4, -0.2) is 26.5 Å². The molecule has 2 aromatic rings. The second-order valence-electron chi connectivity index (χ2n) is 3.61. The van der Waals surface area contributed by atoms with Gasteiger partial charge in [-0.25, -0.2) is 0 Å². The molecule has 6 nitrogen and oxygen atoms in total. The van der Waals surface area contributed by atoms with Gasteiger partial charge in [0.2, 0.25) is 5.89 Å². The first-order valence-corrected chi connectivity index (χ1v) is 5.22. The lowest BCUT2D eigenvalue weighted by molar-refractivity contribution is 0.364. The molecular formula is C10H15N5O. The molecule has 2 rings (SSSR count). The average molecular weight is 221 g/mol. The standard InChI is InChI=1S/C10H15N5O/c1-8-13-10(16-14-8)7-11-5-3-9-4-6-12-15(9)2/h4,6,11H,3,5,7H2,1-2H3. The molecule has 0 saturated carbocycles. The highest BCUT2D eigenvalue weighted by atomic mass is 16.5. The van der Waals surface area contributed by atoms with E-state index in [9.17, 15) is 0 Å². The van der Waals surface area contributed by atoms with Crippen molar-refractivity contribution in [2.75, 3.05) is 6.54 Å². The monoisotopic (exact) mass is 221 g/mol. The number of aryl methyl sites for hydroxylation is 2. The van der Waals surface area contributed by atoms with E-state index in [0.717, 1.165) is 13.0 Å². The maximum absolute atomic E-state index is 4.98. The van der Waals surface area contributed by atoms with Crippen molar-refractivity contribution in [1.29, 1.82) is 0 Å². The molecule has 16 heavy (non-hydrogen) atoms. The highest BCUT2D eigenvalue weighted by molar-refractivity contribution is 5.00.